The van der Waals surface area contributed by atoms with Crippen LogP contribution in [0.3, 0.4) is 0 Å². The van der Waals surface area contributed by atoms with Crippen molar-refractivity contribution in [1.82, 2.24) is 10.2 Å². The molecule has 2 aromatic rings. The summed E-state index contributed by atoms with van der Waals surface area (Å²) in [6.07, 6.45) is -0.574. The third-order valence-corrected chi connectivity index (χ3v) is 6.16. The highest BCUT2D eigenvalue weighted by molar-refractivity contribution is 7.10. The maximum atomic E-state index is 12.7. The van der Waals surface area contributed by atoms with Crippen molar-refractivity contribution < 1.29 is 14.7 Å². The summed E-state index contributed by atoms with van der Waals surface area (Å²) in [6.45, 7) is 4.37. The molecular weight excluding hydrogens is 360 g/mol. The largest absolute Gasteiger partial charge is 0.387 e. The third-order valence-electron chi connectivity index (χ3n) is 5.22. The highest BCUT2D eigenvalue weighted by atomic mass is 32.1. The Morgan fingerprint density at radius 1 is 1.26 bits per heavy atom. The first kappa shape index (κ1) is 19.6. The Balaban J connectivity index is 1.63. The van der Waals surface area contributed by atoms with Gasteiger partial charge in [-0.3, -0.25) is 9.59 Å². The van der Waals surface area contributed by atoms with Crippen LogP contribution < -0.4 is 5.32 Å². The van der Waals surface area contributed by atoms with E-state index < -0.39 is 12.0 Å². The van der Waals surface area contributed by atoms with Crippen LogP contribution in [0, 0.1) is 5.92 Å². The van der Waals surface area contributed by atoms with Gasteiger partial charge in [0.15, 0.2) is 0 Å². The number of nitrogens with zero attached hydrogens (tertiary/aromatic N) is 1. The van der Waals surface area contributed by atoms with Crippen molar-refractivity contribution in [2.75, 3.05) is 13.6 Å². The first-order valence-electron chi connectivity index (χ1n) is 9.23. The number of benzene rings is 1. The minimum Gasteiger partial charge on any atom is -0.387 e. The van der Waals surface area contributed by atoms with Gasteiger partial charge in [0.1, 0.15) is 0 Å². The van der Waals surface area contributed by atoms with Crippen molar-refractivity contribution >= 4 is 23.2 Å². The lowest BCUT2D eigenvalue weighted by molar-refractivity contribution is -0.128. The summed E-state index contributed by atoms with van der Waals surface area (Å²) in [6, 6.07) is 11.4. The normalized spacial score (nSPS) is 20.9. The van der Waals surface area contributed by atoms with Crippen LogP contribution in [0.2, 0.25) is 0 Å². The fourth-order valence-electron chi connectivity index (χ4n) is 3.50. The summed E-state index contributed by atoms with van der Waals surface area (Å²) in [5, 5.41) is 15.2. The van der Waals surface area contributed by atoms with E-state index in [1.165, 1.54) is 5.56 Å². The number of aliphatic hydroxyl groups is 1. The van der Waals surface area contributed by atoms with Crippen molar-refractivity contribution in [3.05, 3.63) is 57.8 Å². The molecule has 144 valence electrons. The highest BCUT2D eigenvalue weighted by Crippen LogP contribution is 2.39. The van der Waals surface area contributed by atoms with E-state index in [9.17, 15) is 14.7 Å². The number of hydrogen-bond acceptors (Lipinski definition) is 4. The standard InChI is InChI=1S/C21H26N2O3S/c1-13(2)14-6-8-15(9-7-14)17(24)12-22-21(26)16-11-19(25)23(3)20(16)18-5-4-10-27-18/h4-10,13,16-17,20,24H,11-12H2,1-3H3,(H,22,26). The molecule has 1 aromatic heterocycles. The van der Waals surface area contributed by atoms with E-state index in [1.54, 1.807) is 23.3 Å². The SMILES string of the molecule is CC(C)c1ccc(C(O)CNC(=O)C2CC(=O)N(C)C2c2cccs2)cc1. The zero-order valence-electron chi connectivity index (χ0n) is 15.9. The number of carbonyl (C=O) groups is 2. The molecule has 5 nitrogen and oxygen atoms in total. The lowest BCUT2D eigenvalue weighted by atomic mass is 9.97. The molecule has 0 bridgehead atoms. The maximum absolute atomic E-state index is 12.7. The molecule has 6 heteroatoms. The van der Waals surface area contributed by atoms with E-state index in [1.807, 2.05) is 41.8 Å². The fraction of sp³-hybridized carbons (Fsp3) is 0.429. The topological polar surface area (TPSA) is 69.6 Å². The van der Waals surface area contributed by atoms with Crippen LogP contribution in [0.5, 0.6) is 0 Å². The van der Waals surface area contributed by atoms with Crippen molar-refractivity contribution in [2.45, 2.75) is 38.3 Å². The molecule has 0 aliphatic carbocycles. The van der Waals surface area contributed by atoms with Gasteiger partial charge in [-0.2, -0.15) is 0 Å². The van der Waals surface area contributed by atoms with Crippen LogP contribution in [-0.4, -0.2) is 35.4 Å². The van der Waals surface area contributed by atoms with E-state index in [2.05, 4.69) is 19.2 Å². The van der Waals surface area contributed by atoms with Crippen LogP contribution in [0.4, 0.5) is 0 Å². The molecule has 2 amide bonds. The van der Waals surface area contributed by atoms with Crippen LogP contribution in [-0.2, 0) is 9.59 Å². The molecule has 1 aromatic carbocycles. The summed E-state index contributed by atoms with van der Waals surface area (Å²) in [7, 11) is 1.74. The second-order valence-electron chi connectivity index (χ2n) is 7.36. The molecule has 1 aliphatic heterocycles. The Kier molecular flexibility index (Phi) is 5.97. The number of carbonyl (C=O) groups excluding carboxylic acids is 2. The molecule has 27 heavy (non-hydrogen) atoms. The number of likely N-dealkylation sites (tertiary alicyclic amines) is 1. The molecule has 2 heterocycles. The number of hydrogen-bond donors (Lipinski definition) is 2. The Morgan fingerprint density at radius 3 is 2.52 bits per heavy atom. The van der Waals surface area contributed by atoms with Gasteiger partial charge < -0.3 is 15.3 Å². The molecule has 2 N–H and O–H groups in total. The first-order chi connectivity index (χ1) is 12.9. The van der Waals surface area contributed by atoms with Gasteiger partial charge in [-0.05, 0) is 28.5 Å². The Hall–Kier alpha value is -2.18. The summed E-state index contributed by atoms with van der Waals surface area (Å²) >= 11 is 1.55. The fourth-order valence-corrected chi connectivity index (χ4v) is 4.44. The van der Waals surface area contributed by atoms with Gasteiger partial charge in [-0.15, -0.1) is 11.3 Å². The lowest BCUT2D eigenvalue weighted by Crippen LogP contribution is -2.36. The highest BCUT2D eigenvalue weighted by Gasteiger charge is 2.43. The average Bonchev–Trinajstić information content (AvgIpc) is 3.28. The monoisotopic (exact) mass is 386 g/mol. The summed E-state index contributed by atoms with van der Waals surface area (Å²) in [4.78, 5) is 27.5. The zero-order valence-corrected chi connectivity index (χ0v) is 16.7. The van der Waals surface area contributed by atoms with Crippen LogP contribution >= 0.6 is 11.3 Å². The second kappa shape index (κ2) is 8.23. The number of thiophene rings is 1. The molecule has 0 saturated carbocycles. The molecule has 1 fully saturated rings. The van der Waals surface area contributed by atoms with Gasteiger partial charge in [0.05, 0.1) is 18.1 Å². The predicted octanol–water partition coefficient (Wildman–Crippen LogP) is 3.24. The van der Waals surface area contributed by atoms with Gasteiger partial charge in [-0.1, -0.05) is 44.2 Å². The maximum Gasteiger partial charge on any atom is 0.226 e. The van der Waals surface area contributed by atoms with Crippen molar-refractivity contribution in [3.63, 3.8) is 0 Å². The second-order valence-corrected chi connectivity index (χ2v) is 8.34. The van der Waals surface area contributed by atoms with E-state index in [-0.39, 0.29) is 30.8 Å². The van der Waals surface area contributed by atoms with Crippen molar-refractivity contribution in [3.8, 4) is 0 Å². The number of nitrogens with one attached hydrogen (secondary N) is 1. The van der Waals surface area contributed by atoms with Crippen LogP contribution in [0.15, 0.2) is 41.8 Å². The number of amides is 2. The van der Waals surface area contributed by atoms with E-state index >= 15 is 0 Å². The number of aliphatic hydroxyl groups excluding tert-OH is 1. The van der Waals surface area contributed by atoms with E-state index in [4.69, 9.17) is 0 Å². The summed E-state index contributed by atoms with van der Waals surface area (Å²) in [5.74, 6) is -0.221. The van der Waals surface area contributed by atoms with Crippen LogP contribution in [0.25, 0.3) is 0 Å². The molecule has 3 rings (SSSR count). The molecule has 0 spiro atoms. The first-order valence-corrected chi connectivity index (χ1v) is 10.1. The van der Waals surface area contributed by atoms with E-state index in [0.717, 1.165) is 10.4 Å². The van der Waals surface area contributed by atoms with Gasteiger partial charge >= 0.3 is 0 Å². The van der Waals surface area contributed by atoms with Gasteiger partial charge in [0.2, 0.25) is 11.8 Å². The van der Waals surface area contributed by atoms with Crippen molar-refractivity contribution in [1.29, 1.82) is 0 Å². The third kappa shape index (κ3) is 4.22. The van der Waals surface area contributed by atoms with Gasteiger partial charge in [0.25, 0.3) is 0 Å². The zero-order chi connectivity index (χ0) is 19.6. The van der Waals surface area contributed by atoms with Crippen LogP contribution in [0.1, 0.15) is 54.3 Å². The van der Waals surface area contributed by atoms with E-state index in [0.29, 0.717) is 5.92 Å². The molecule has 1 saturated heterocycles. The molecule has 3 unspecified atom stereocenters. The van der Waals surface area contributed by atoms with Crippen molar-refractivity contribution in [2.24, 2.45) is 5.92 Å². The number of rotatable bonds is 6. The molecule has 1 aliphatic rings. The minimum atomic E-state index is -0.773. The molecule has 3 atom stereocenters. The van der Waals surface area contributed by atoms with Gasteiger partial charge in [-0.25, -0.2) is 0 Å². The Bertz CT molecular complexity index is 786. The summed E-state index contributed by atoms with van der Waals surface area (Å²) in [5.41, 5.74) is 1.98. The Morgan fingerprint density at radius 2 is 1.93 bits per heavy atom. The predicted molar refractivity (Wildman–Crippen MR) is 106 cm³/mol. The minimum absolute atomic E-state index is 0.0293. The molecular formula is C21H26N2O3S. The Labute approximate surface area is 164 Å². The molecule has 0 radical (unpaired) electrons. The average molecular weight is 387 g/mol. The lowest BCUT2D eigenvalue weighted by Gasteiger charge is -2.24. The smallest absolute Gasteiger partial charge is 0.226 e. The quantitative estimate of drug-likeness (QED) is 0.801. The summed E-state index contributed by atoms with van der Waals surface area (Å²) < 4.78 is 0. The van der Waals surface area contributed by atoms with Gasteiger partial charge in [0, 0.05) is 24.9 Å².